The summed E-state index contributed by atoms with van der Waals surface area (Å²) in [5.41, 5.74) is 4.55. The maximum absolute atomic E-state index is 13.9. The van der Waals surface area contributed by atoms with E-state index in [2.05, 4.69) is 10.3 Å². The molecular weight excluding hydrogens is 653 g/mol. The molecule has 1 saturated heterocycles. The van der Waals surface area contributed by atoms with Crippen molar-refractivity contribution in [2.24, 2.45) is 0 Å². The van der Waals surface area contributed by atoms with Crippen LogP contribution in [0.4, 0.5) is 15.9 Å². The number of pyridine rings is 1. The lowest BCUT2D eigenvalue weighted by Crippen LogP contribution is -2.50. The second-order valence-corrected chi connectivity index (χ2v) is 11.7. The van der Waals surface area contributed by atoms with Crippen molar-refractivity contribution >= 4 is 29.0 Å². The van der Waals surface area contributed by atoms with Crippen molar-refractivity contribution in [1.82, 2.24) is 29.4 Å². The van der Waals surface area contributed by atoms with Crippen LogP contribution in [0, 0.1) is 5.82 Å². The first-order valence-corrected chi connectivity index (χ1v) is 16.2. The molecule has 0 saturated carbocycles. The van der Waals surface area contributed by atoms with E-state index in [9.17, 15) is 14.0 Å². The Hall–Kier alpha value is -6.50. The number of nitrogens with one attached hydrogen (secondary N) is 1. The molecule has 51 heavy (non-hydrogen) atoms. The molecular formula is C38H34FN7O5. The van der Waals surface area contributed by atoms with Crippen LogP contribution in [-0.4, -0.2) is 88.7 Å². The highest BCUT2D eigenvalue weighted by atomic mass is 19.1. The predicted octanol–water partition coefficient (Wildman–Crippen LogP) is 5.97. The summed E-state index contributed by atoms with van der Waals surface area (Å²) in [5, 5.41) is 7.99. The lowest BCUT2D eigenvalue weighted by molar-refractivity contribution is 0.0533. The molecule has 0 unspecified atom stereocenters. The van der Waals surface area contributed by atoms with E-state index in [1.54, 1.807) is 63.0 Å². The topological polar surface area (TPSA) is 123 Å². The quantitative estimate of drug-likeness (QED) is 0.196. The molecule has 2 amide bonds. The summed E-state index contributed by atoms with van der Waals surface area (Å²) in [6.07, 6.45) is 1.60. The SMILES string of the molecule is COc1cc(Nc2ncccc2C(=O)N2CCN(C(=O)c3cc(-c4ccc(F)cc4)n4nc(-c5ccccc5)cc4n3)CC2)cc(OC)c1OC. The Balaban J connectivity index is 1.11. The largest absolute Gasteiger partial charge is 0.493 e. The van der Waals surface area contributed by atoms with Gasteiger partial charge in [-0.1, -0.05) is 30.3 Å². The van der Waals surface area contributed by atoms with Crippen molar-refractivity contribution in [3.63, 3.8) is 0 Å². The number of anilines is 2. The van der Waals surface area contributed by atoms with Gasteiger partial charge >= 0.3 is 0 Å². The number of halogens is 1. The molecule has 0 aliphatic carbocycles. The number of benzene rings is 3. The van der Waals surface area contributed by atoms with Gasteiger partial charge in [0, 0.05) is 67.4 Å². The number of fused-ring (bicyclic) bond motifs is 1. The van der Waals surface area contributed by atoms with Gasteiger partial charge < -0.3 is 29.3 Å². The predicted molar refractivity (Wildman–Crippen MR) is 189 cm³/mol. The number of nitrogens with zero attached hydrogens (tertiary/aromatic N) is 6. The van der Waals surface area contributed by atoms with Gasteiger partial charge in [-0.25, -0.2) is 18.9 Å². The second-order valence-electron chi connectivity index (χ2n) is 11.7. The Morgan fingerprint density at radius 1 is 0.745 bits per heavy atom. The van der Waals surface area contributed by atoms with Crippen molar-refractivity contribution in [3.05, 3.63) is 114 Å². The summed E-state index contributed by atoms with van der Waals surface area (Å²) in [4.78, 5) is 40.3. The van der Waals surface area contributed by atoms with E-state index in [1.807, 2.05) is 36.4 Å². The van der Waals surface area contributed by atoms with Crippen LogP contribution >= 0.6 is 0 Å². The molecule has 0 atom stereocenters. The van der Waals surface area contributed by atoms with Gasteiger partial charge in [-0.3, -0.25) is 9.59 Å². The molecule has 0 radical (unpaired) electrons. The Morgan fingerprint density at radius 2 is 1.41 bits per heavy atom. The maximum atomic E-state index is 13.9. The Labute approximate surface area is 293 Å². The average Bonchev–Trinajstić information content (AvgIpc) is 3.62. The van der Waals surface area contributed by atoms with E-state index in [0.29, 0.717) is 83.1 Å². The fourth-order valence-electron chi connectivity index (χ4n) is 6.07. The summed E-state index contributed by atoms with van der Waals surface area (Å²) in [6, 6.07) is 26.1. The molecule has 1 N–H and O–H groups in total. The van der Waals surface area contributed by atoms with Crippen LogP contribution in [0.25, 0.3) is 28.2 Å². The summed E-state index contributed by atoms with van der Waals surface area (Å²) in [5.74, 6) is 0.835. The molecule has 4 heterocycles. The molecule has 3 aromatic carbocycles. The number of amides is 2. The minimum atomic E-state index is -0.367. The Bertz CT molecular complexity index is 2190. The highest BCUT2D eigenvalue weighted by Crippen LogP contribution is 2.40. The Morgan fingerprint density at radius 3 is 2.06 bits per heavy atom. The van der Waals surface area contributed by atoms with Crippen molar-refractivity contribution in [2.75, 3.05) is 52.8 Å². The van der Waals surface area contributed by atoms with Gasteiger partial charge in [0.25, 0.3) is 11.8 Å². The van der Waals surface area contributed by atoms with Crippen LogP contribution in [0.2, 0.25) is 0 Å². The van der Waals surface area contributed by atoms with E-state index in [-0.39, 0.29) is 23.3 Å². The van der Waals surface area contributed by atoms with E-state index in [0.717, 1.165) is 5.56 Å². The zero-order chi connectivity index (χ0) is 35.5. The Kier molecular flexibility index (Phi) is 9.17. The number of ether oxygens (including phenoxy) is 3. The van der Waals surface area contributed by atoms with E-state index < -0.39 is 0 Å². The monoisotopic (exact) mass is 687 g/mol. The van der Waals surface area contributed by atoms with Gasteiger partial charge in [-0.2, -0.15) is 5.10 Å². The van der Waals surface area contributed by atoms with Gasteiger partial charge in [-0.05, 0) is 42.5 Å². The minimum absolute atomic E-state index is 0.226. The molecule has 12 nitrogen and oxygen atoms in total. The smallest absolute Gasteiger partial charge is 0.272 e. The third-order valence-corrected chi connectivity index (χ3v) is 8.68. The summed E-state index contributed by atoms with van der Waals surface area (Å²) in [6.45, 7) is 1.21. The van der Waals surface area contributed by atoms with Crippen LogP contribution < -0.4 is 19.5 Å². The van der Waals surface area contributed by atoms with Crippen molar-refractivity contribution in [2.45, 2.75) is 0 Å². The van der Waals surface area contributed by atoms with Crippen molar-refractivity contribution in [1.29, 1.82) is 0 Å². The van der Waals surface area contributed by atoms with Gasteiger partial charge in [0.05, 0.1) is 38.3 Å². The summed E-state index contributed by atoms with van der Waals surface area (Å²) >= 11 is 0. The lowest BCUT2D eigenvalue weighted by Gasteiger charge is -2.35. The number of carbonyl (C=O) groups is 2. The molecule has 7 rings (SSSR count). The van der Waals surface area contributed by atoms with Crippen LogP contribution in [0.5, 0.6) is 17.2 Å². The molecule has 258 valence electrons. The van der Waals surface area contributed by atoms with Crippen molar-refractivity contribution < 1.29 is 28.2 Å². The molecule has 6 aromatic rings. The summed E-state index contributed by atoms with van der Waals surface area (Å²) < 4.78 is 31.9. The number of hydrogen-bond donors (Lipinski definition) is 1. The van der Waals surface area contributed by atoms with Crippen molar-refractivity contribution in [3.8, 4) is 39.8 Å². The maximum Gasteiger partial charge on any atom is 0.272 e. The zero-order valence-electron chi connectivity index (χ0n) is 28.2. The lowest BCUT2D eigenvalue weighted by atomic mass is 10.1. The number of aromatic nitrogens is 4. The van der Waals surface area contributed by atoms with Gasteiger partial charge in [-0.15, -0.1) is 0 Å². The molecule has 3 aromatic heterocycles. The molecule has 1 fully saturated rings. The number of methoxy groups -OCH3 is 3. The average molecular weight is 688 g/mol. The third kappa shape index (κ3) is 6.61. The minimum Gasteiger partial charge on any atom is -0.493 e. The van der Waals surface area contributed by atoms with E-state index >= 15 is 0 Å². The molecule has 1 aliphatic rings. The first kappa shape index (κ1) is 33.0. The normalized spacial score (nSPS) is 12.9. The van der Waals surface area contributed by atoms with Gasteiger partial charge in [0.15, 0.2) is 17.1 Å². The molecule has 13 heteroatoms. The standard InChI is InChI=1S/C38H34FN7O5/c1-49-32-20-27(21-33(50-2)35(32)51-3)41-36-28(10-7-15-40-36)37(47)44-16-18-45(19-17-44)38(48)30-22-31(25-11-13-26(39)14-12-25)46-34(42-30)23-29(43-46)24-8-5-4-6-9-24/h4-15,20-23H,16-19H2,1-3H3,(H,40,41). The number of carbonyl (C=O) groups excluding carboxylic acids is 2. The summed E-state index contributed by atoms with van der Waals surface area (Å²) in [7, 11) is 4.58. The van der Waals surface area contributed by atoms with Crippen LogP contribution in [0.15, 0.2) is 97.2 Å². The molecule has 0 bridgehead atoms. The molecule has 1 aliphatic heterocycles. The fraction of sp³-hybridized carbons (Fsp3) is 0.184. The molecule has 0 spiro atoms. The van der Waals surface area contributed by atoms with Gasteiger partial charge in [0.1, 0.15) is 17.3 Å². The fourth-order valence-corrected chi connectivity index (χ4v) is 6.07. The van der Waals surface area contributed by atoms with Crippen LogP contribution in [0.3, 0.4) is 0 Å². The van der Waals surface area contributed by atoms with E-state index in [4.69, 9.17) is 24.3 Å². The first-order valence-electron chi connectivity index (χ1n) is 16.2. The van der Waals surface area contributed by atoms with E-state index in [1.165, 1.54) is 33.5 Å². The number of piperazine rings is 1. The number of rotatable bonds is 9. The second kappa shape index (κ2) is 14.2. The number of hydrogen-bond acceptors (Lipinski definition) is 9. The highest BCUT2D eigenvalue weighted by Gasteiger charge is 2.29. The first-order chi connectivity index (χ1) is 24.9. The van der Waals surface area contributed by atoms with Crippen LogP contribution in [-0.2, 0) is 0 Å². The highest BCUT2D eigenvalue weighted by molar-refractivity contribution is 6.00. The van der Waals surface area contributed by atoms with Gasteiger partial charge in [0.2, 0.25) is 5.75 Å². The van der Waals surface area contributed by atoms with Crippen LogP contribution in [0.1, 0.15) is 20.8 Å². The third-order valence-electron chi connectivity index (χ3n) is 8.68. The zero-order valence-corrected chi connectivity index (χ0v) is 28.2.